The Morgan fingerprint density at radius 3 is 2.73 bits per heavy atom. The van der Waals surface area contributed by atoms with Gasteiger partial charge in [0.15, 0.2) is 0 Å². The quantitative estimate of drug-likeness (QED) is 0.413. The second kappa shape index (κ2) is 6.77. The van der Waals surface area contributed by atoms with Crippen molar-refractivity contribution in [3.8, 4) is 5.75 Å². The molecule has 0 radical (unpaired) electrons. The van der Waals surface area contributed by atoms with Crippen molar-refractivity contribution in [3.63, 3.8) is 0 Å². The van der Waals surface area contributed by atoms with Crippen LogP contribution >= 0.6 is 0 Å². The fourth-order valence-electron chi connectivity index (χ4n) is 3.51. The van der Waals surface area contributed by atoms with Gasteiger partial charge in [-0.15, -0.1) is 0 Å². The van der Waals surface area contributed by atoms with Crippen molar-refractivity contribution >= 4 is 16.9 Å². The van der Waals surface area contributed by atoms with Gasteiger partial charge in [0.25, 0.3) is 0 Å². The molecule has 5 heteroatoms. The maximum atomic E-state index is 12.5. The minimum atomic E-state index is -0.402. The molecule has 132 valence electrons. The molecule has 0 bridgehead atoms. The van der Waals surface area contributed by atoms with Gasteiger partial charge in [0.05, 0.1) is 5.56 Å². The van der Waals surface area contributed by atoms with Crippen LogP contribution in [0.3, 0.4) is 0 Å². The van der Waals surface area contributed by atoms with Crippen LogP contribution in [0.5, 0.6) is 5.75 Å². The molecular formula is C21H19NO4. The van der Waals surface area contributed by atoms with E-state index in [0.717, 1.165) is 36.0 Å². The first-order valence-electron chi connectivity index (χ1n) is 8.63. The number of carbonyl (C=O) groups is 1. The second-order valence-corrected chi connectivity index (χ2v) is 6.54. The predicted octanol–water partition coefficient (Wildman–Crippen LogP) is 3.28. The second-order valence-electron chi connectivity index (χ2n) is 6.54. The van der Waals surface area contributed by atoms with Crippen LogP contribution in [-0.4, -0.2) is 17.4 Å². The molecular weight excluding hydrogens is 330 g/mol. The van der Waals surface area contributed by atoms with Crippen molar-refractivity contribution in [1.82, 2.24) is 4.90 Å². The fraction of sp³-hybridized carbons (Fsp3) is 0.238. The SMILES string of the molecule is CC(=O)Oc1ccc2c3c(c(=O)oc2c1)CN(Cc1ccccc1)CC3. The third-order valence-corrected chi connectivity index (χ3v) is 4.66. The van der Waals surface area contributed by atoms with E-state index < -0.39 is 5.97 Å². The van der Waals surface area contributed by atoms with Gasteiger partial charge in [-0.05, 0) is 29.7 Å². The highest BCUT2D eigenvalue weighted by molar-refractivity contribution is 5.83. The Kier molecular flexibility index (Phi) is 4.31. The van der Waals surface area contributed by atoms with Crippen LogP contribution in [0.15, 0.2) is 57.7 Å². The summed E-state index contributed by atoms with van der Waals surface area (Å²) in [5.41, 5.74) is 3.14. The third-order valence-electron chi connectivity index (χ3n) is 4.66. The summed E-state index contributed by atoms with van der Waals surface area (Å²) < 4.78 is 10.6. The van der Waals surface area contributed by atoms with Crippen molar-refractivity contribution in [1.29, 1.82) is 0 Å². The fourth-order valence-corrected chi connectivity index (χ4v) is 3.51. The van der Waals surface area contributed by atoms with Gasteiger partial charge >= 0.3 is 11.6 Å². The Hall–Kier alpha value is -2.92. The van der Waals surface area contributed by atoms with Crippen molar-refractivity contribution in [2.24, 2.45) is 0 Å². The standard InChI is InChI=1S/C21H19NO4/c1-14(23)25-16-7-8-18-17-9-10-22(12-15-5-3-2-4-6-15)13-19(17)21(24)26-20(18)11-16/h2-8,11H,9-10,12-13H2,1H3. The Bertz CT molecular complexity index is 1020. The minimum Gasteiger partial charge on any atom is -0.427 e. The summed E-state index contributed by atoms with van der Waals surface area (Å²) in [4.78, 5) is 25.9. The maximum absolute atomic E-state index is 12.5. The molecule has 0 unspecified atom stereocenters. The number of hydrogen-bond acceptors (Lipinski definition) is 5. The van der Waals surface area contributed by atoms with Crippen LogP contribution in [0.25, 0.3) is 11.0 Å². The molecule has 2 aromatic carbocycles. The summed E-state index contributed by atoms with van der Waals surface area (Å²) in [7, 11) is 0. The van der Waals surface area contributed by atoms with E-state index in [1.807, 2.05) is 24.3 Å². The number of fused-ring (bicyclic) bond motifs is 3. The van der Waals surface area contributed by atoms with E-state index in [4.69, 9.17) is 9.15 Å². The van der Waals surface area contributed by atoms with E-state index in [2.05, 4.69) is 17.0 Å². The number of nitrogens with zero attached hydrogens (tertiary/aromatic N) is 1. The van der Waals surface area contributed by atoms with E-state index in [1.54, 1.807) is 12.1 Å². The van der Waals surface area contributed by atoms with Gasteiger partial charge in [-0.1, -0.05) is 30.3 Å². The van der Waals surface area contributed by atoms with Gasteiger partial charge < -0.3 is 9.15 Å². The molecule has 0 fully saturated rings. The molecule has 2 heterocycles. The predicted molar refractivity (Wildman–Crippen MR) is 98.1 cm³/mol. The minimum absolute atomic E-state index is 0.315. The largest absolute Gasteiger partial charge is 0.427 e. The number of benzene rings is 2. The molecule has 0 N–H and O–H groups in total. The molecule has 0 saturated carbocycles. The highest BCUT2D eigenvalue weighted by atomic mass is 16.5. The molecule has 0 spiro atoms. The third kappa shape index (κ3) is 3.26. The number of carbonyl (C=O) groups excluding carboxylic acids is 1. The van der Waals surface area contributed by atoms with Crippen LogP contribution < -0.4 is 10.4 Å². The van der Waals surface area contributed by atoms with E-state index in [1.165, 1.54) is 12.5 Å². The normalized spacial score (nSPS) is 14.2. The zero-order valence-corrected chi connectivity index (χ0v) is 14.5. The first-order chi connectivity index (χ1) is 12.6. The van der Waals surface area contributed by atoms with Gasteiger partial charge in [0.2, 0.25) is 0 Å². The summed E-state index contributed by atoms with van der Waals surface area (Å²) in [6.07, 6.45) is 0.789. The number of ether oxygens (including phenoxy) is 1. The molecule has 1 aromatic heterocycles. The Labute approximate surface area is 150 Å². The zero-order valence-electron chi connectivity index (χ0n) is 14.5. The van der Waals surface area contributed by atoms with Crippen LogP contribution in [-0.2, 0) is 24.3 Å². The molecule has 0 aliphatic carbocycles. The Balaban J connectivity index is 1.66. The van der Waals surface area contributed by atoms with E-state index in [0.29, 0.717) is 17.9 Å². The van der Waals surface area contributed by atoms with Crippen molar-refractivity contribution in [2.45, 2.75) is 26.4 Å². The average Bonchev–Trinajstić information content (AvgIpc) is 2.62. The Morgan fingerprint density at radius 2 is 1.96 bits per heavy atom. The molecule has 5 nitrogen and oxygen atoms in total. The lowest BCUT2D eigenvalue weighted by atomic mass is 9.97. The maximum Gasteiger partial charge on any atom is 0.341 e. The first kappa shape index (κ1) is 16.5. The van der Waals surface area contributed by atoms with Gasteiger partial charge in [-0.2, -0.15) is 0 Å². The van der Waals surface area contributed by atoms with Gasteiger partial charge in [-0.3, -0.25) is 9.69 Å². The average molecular weight is 349 g/mol. The Morgan fingerprint density at radius 1 is 1.15 bits per heavy atom. The topological polar surface area (TPSA) is 59.8 Å². The lowest BCUT2D eigenvalue weighted by Gasteiger charge is -2.28. The summed E-state index contributed by atoms with van der Waals surface area (Å²) in [6.45, 7) is 3.61. The molecule has 0 amide bonds. The van der Waals surface area contributed by atoms with Crippen molar-refractivity contribution in [3.05, 3.63) is 75.6 Å². The summed E-state index contributed by atoms with van der Waals surface area (Å²) in [5.74, 6) is -0.0178. The molecule has 1 aliphatic rings. The molecule has 1 aliphatic heterocycles. The lowest BCUT2D eigenvalue weighted by molar-refractivity contribution is -0.131. The molecule has 3 aromatic rings. The molecule has 0 atom stereocenters. The van der Waals surface area contributed by atoms with Crippen LogP contribution in [0.4, 0.5) is 0 Å². The number of rotatable bonds is 3. The highest BCUT2D eigenvalue weighted by Crippen LogP contribution is 2.28. The van der Waals surface area contributed by atoms with Crippen molar-refractivity contribution < 1.29 is 13.9 Å². The smallest absolute Gasteiger partial charge is 0.341 e. The zero-order chi connectivity index (χ0) is 18.1. The summed E-state index contributed by atoms with van der Waals surface area (Å²) in [5, 5.41) is 0.912. The molecule has 26 heavy (non-hydrogen) atoms. The number of hydrogen-bond donors (Lipinski definition) is 0. The van der Waals surface area contributed by atoms with Crippen LogP contribution in [0.2, 0.25) is 0 Å². The highest BCUT2D eigenvalue weighted by Gasteiger charge is 2.23. The van der Waals surface area contributed by atoms with Gasteiger partial charge in [-0.25, -0.2) is 4.79 Å². The number of esters is 1. The van der Waals surface area contributed by atoms with Gasteiger partial charge in [0, 0.05) is 38.0 Å². The van der Waals surface area contributed by atoms with Crippen LogP contribution in [0, 0.1) is 0 Å². The molecule has 0 saturated heterocycles. The monoisotopic (exact) mass is 349 g/mol. The van der Waals surface area contributed by atoms with Gasteiger partial charge in [0.1, 0.15) is 11.3 Å². The lowest BCUT2D eigenvalue weighted by Crippen LogP contribution is -2.33. The van der Waals surface area contributed by atoms with Crippen molar-refractivity contribution in [2.75, 3.05) is 6.54 Å². The van der Waals surface area contributed by atoms with E-state index in [-0.39, 0.29) is 5.63 Å². The van der Waals surface area contributed by atoms with E-state index in [9.17, 15) is 9.59 Å². The van der Waals surface area contributed by atoms with E-state index >= 15 is 0 Å². The summed E-state index contributed by atoms with van der Waals surface area (Å²) in [6, 6.07) is 15.4. The van der Waals surface area contributed by atoms with Crippen LogP contribution in [0.1, 0.15) is 23.6 Å². The molecule has 4 rings (SSSR count). The summed E-state index contributed by atoms with van der Waals surface area (Å²) >= 11 is 0. The first-order valence-corrected chi connectivity index (χ1v) is 8.63.